The second-order valence-electron chi connectivity index (χ2n) is 9.24. The highest BCUT2D eigenvalue weighted by Gasteiger charge is 2.40. The molecular weight excluding hydrogens is 402 g/mol. The van der Waals surface area contributed by atoms with E-state index in [1.54, 1.807) is 18.7 Å². The summed E-state index contributed by atoms with van der Waals surface area (Å²) in [5.41, 5.74) is 2.34. The van der Waals surface area contributed by atoms with Crippen LogP contribution in [-0.4, -0.2) is 40.5 Å². The number of nitrogens with zero attached hydrogens (tertiary/aromatic N) is 3. The quantitative estimate of drug-likeness (QED) is 0.595. The minimum absolute atomic E-state index is 0. The number of hydrogen-bond acceptors (Lipinski definition) is 3. The lowest BCUT2D eigenvalue weighted by Gasteiger charge is -2.35. The van der Waals surface area contributed by atoms with Crippen molar-refractivity contribution in [3.05, 3.63) is 29.8 Å². The van der Waals surface area contributed by atoms with Crippen molar-refractivity contribution in [2.24, 2.45) is 4.99 Å². The second kappa shape index (κ2) is 9.74. The number of halogens is 1. The predicted octanol–water partition coefficient (Wildman–Crippen LogP) is 5.84. The SMILES string of the molecule is CC(=O)N(c1ccc(C(C)(C)C)cc1)C1C(C)SC(=NC2CCCCC2)N1C.Cl. The molecule has 29 heavy (non-hydrogen) atoms. The molecule has 0 bridgehead atoms. The van der Waals surface area contributed by atoms with E-state index in [2.05, 4.69) is 63.9 Å². The van der Waals surface area contributed by atoms with Crippen LogP contribution in [0, 0.1) is 0 Å². The Morgan fingerprint density at radius 2 is 1.72 bits per heavy atom. The first-order chi connectivity index (χ1) is 13.2. The smallest absolute Gasteiger partial charge is 0.225 e. The Kier molecular flexibility index (Phi) is 8.08. The summed E-state index contributed by atoms with van der Waals surface area (Å²) in [5, 5.41) is 1.36. The number of carbonyl (C=O) groups excluding carboxylic acids is 1. The van der Waals surface area contributed by atoms with E-state index in [4.69, 9.17) is 4.99 Å². The van der Waals surface area contributed by atoms with E-state index in [1.807, 2.05) is 4.90 Å². The number of thioether (sulfide) groups is 1. The summed E-state index contributed by atoms with van der Waals surface area (Å²) in [4.78, 5) is 21.9. The average Bonchev–Trinajstić information content (AvgIpc) is 2.90. The fourth-order valence-electron chi connectivity index (χ4n) is 4.25. The van der Waals surface area contributed by atoms with Crippen molar-refractivity contribution < 1.29 is 4.79 Å². The van der Waals surface area contributed by atoms with E-state index in [-0.39, 0.29) is 35.1 Å². The van der Waals surface area contributed by atoms with Crippen LogP contribution in [0.3, 0.4) is 0 Å². The van der Waals surface area contributed by atoms with Gasteiger partial charge in [-0.3, -0.25) is 14.7 Å². The summed E-state index contributed by atoms with van der Waals surface area (Å²) < 4.78 is 0. The molecule has 1 aliphatic carbocycles. The van der Waals surface area contributed by atoms with Crippen LogP contribution in [0.1, 0.15) is 72.3 Å². The fourth-order valence-corrected chi connectivity index (χ4v) is 5.49. The Labute approximate surface area is 186 Å². The highest BCUT2D eigenvalue weighted by atomic mass is 35.5. The van der Waals surface area contributed by atoms with Gasteiger partial charge in [0.25, 0.3) is 0 Å². The van der Waals surface area contributed by atoms with Gasteiger partial charge in [0, 0.05) is 24.9 Å². The van der Waals surface area contributed by atoms with Crippen molar-refractivity contribution in [3.63, 3.8) is 0 Å². The molecule has 2 aliphatic rings. The third kappa shape index (κ3) is 5.49. The summed E-state index contributed by atoms with van der Waals surface area (Å²) >= 11 is 1.81. The van der Waals surface area contributed by atoms with Crippen molar-refractivity contribution in [2.45, 2.75) is 89.6 Å². The molecule has 0 spiro atoms. The monoisotopic (exact) mass is 437 g/mol. The molecule has 2 fully saturated rings. The van der Waals surface area contributed by atoms with E-state index >= 15 is 0 Å². The number of hydrogen-bond donors (Lipinski definition) is 0. The first-order valence-corrected chi connectivity index (χ1v) is 11.4. The molecule has 1 saturated heterocycles. The Morgan fingerprint density at radius 3 is 2.24 bits per heavy atom. The van der Waals surface area contributed by atoms with Crippen molar-refractivity contribution in [1.29, 1.82) is 0 Å². The van der Waals surface area contributed by atoms with Crippen LogP contribution in [0.2, 0.25) is 0 Å². The molecule has 1 aliphatic heterocycles. The Hall–Kier alpha value is -1.20. The molecule has 162 valence electrons. The van der Waals surface area contributed by atoms with Gasteiger partial charge in [-0.2, -0.15) is 0 Å². The molecule has 0 radical (unpaired) electrons. The molecule has 1 aromatic carbocycles. The van der Waals surface area contributed by atoms with E-state index in [0.29, 0.717) is 6.04 Å². The number of carbonyl (C=O) groups is 1. The highest BCUT2D eigenvalue weighted by Crippen LogP contribution is 2.36. The largest absolute Gasteiger partial charge is 0.333 e. The summed E-state index contributed by atoms with van der Waals surface area (Å²) in [6.07, 6.45) is 6.29. The van der Waals surface area contributed by atoms with Crippen LogP contribution in [0.15, 0.2) is 29.3 Å². The topological polar surface area (TPSA) is 35.9 Å². The van der Waals surface area contributed by atoms with Gasteiger partial charge in [-0.1, -0.05) is 63.9 Å². The third-order valence-electron chi connectivity index (χ3n) is 5.89. The van der Waals surface area contributed by atoms with Gasteiger partial charge in [0.05, 0.1) is 6.04 Å². The van der Waals surface area contributed by atoms with Crippen LogP contribution in [0.4, 0.5) is 5.69 Å². The molecule has 1 amide bonds. The van der Waals surface area contributed by atoms with Crippen LogP contribution >= 0.6 is 24.2 Å². The number of amides is 1. The zero-order valence-corrected chi connectivity index (χ0v) is 20.3. The van der Waals surface area contributed by atoms with Gasteiger partial charge >= 0.3 is 0 Å². The summed E-state index contributed by atoms with van der Waals surface area (Å²) in [6, 6.07) is 8.92. The lowest BCUT2D eigenvalue weighted by atomic mass is 9.87. The van der Waals surface area contributed by atoms with Gasteiger partial charge in [0.1, 0.15) is 6.17 Å². The predicted molar refractivity (Wildman–Crippen MR) is 128 cm³/mol. The second-order valence-corrected chi connectivity index (χ2v) is 10.6. The molecule has 6 heteroatoms. The molecule has 2 atom stereocenters. The van der Waals surface area contributed by atoms with Gasteiger partial charge in [0.15, 0.2) is 5.17 Å². The van der Waals surface area contributed by atoms with Crippen LogP contribution in [0.5, 0.6) is 0 Å². The maximum Gasteiger partial charge on any atom is 0.225 e. The zero-order valence-electron chi connectivity index (χ0n) is 18.6. The van der Waals surface area contributed by atoms with Gasteiger partial charge in [0.2, 0.25) is 5.91 Å². The molecule has 1 aromatic rings. The first-order valence-electron chi connectivity index (χ1n) is 10.6. The summed E-state index contributed by atoms with van der Waals surface area (Å²) in [5.74, 6) is 0.0757. The minimum atomic E-state index is -0.00896. The fraction of sp³-hybridized carbons (Fsp3) is 0.652. The molecule has 0 N–H and O–H groups in total. The van der Waals surface area contributed by atoms with Crippen molar-refractivity contribution in [3.8, 4) is 0 Å². The molecule has 1 saturated carbocycles. The van der Waals surface area contributed by atoms with E-state index in [1.165, 1.54) is 37.7 Å². The summed E-state index contributed by atoms with van der Waals surface area (Å²) in [6.45, 7) is 10.5. The molecule has 0 aromatic heterocycles. The number of amidine groups is 1. The van der Waals surface area contributed by atoms with Crippen LogP contribution < -0.4 is 4.90 Å². The first kappa shape index (κ1) is 24.1. The Morgan fingerprint density at radius 1 is 1.14 bits per heavy atom. The van der Waals surface area contributed by atoms with E-state index in [0.717, 1.165) is 10.9 Å². The third-order valence-corrected chi connectivity index (χ3v) is 7.11. The van der Waals surface area contributed by atoms with Crippen LogP contribution in [-0.2, 0) is 10.2 Å². The standard InChI is InChI=1S/C23H35N3OS.ClH/c1-16-21(25(6)22(28-16)24-19-10-8-7-9-11-19)26(17(2)27)20-14-12-18(13-15-20)23(3,4)5;/h12-16,19,21H,7-11H2,1-6H3;1H. The highest BCUT2D eigenvalue weighted by molar-refractivity contribution is 8.14. The van der Waals surface area contributed by atoms with Gasteiger partial charge in [-0.25, -0.2) is 0 Å². The van der Waals surface area contributed by atoms with E-state index < -0.39 is 0 Å². The Bertz CT molecular complexity index is 723. The van der Waals surface area contributed by atoms with Crippen molar-refractivity contribution in [2.75, 3.05) is 11.9 Å². The minimum Gasteiger partial charge on any atom is -0.333 e. The molecule has 1 heterocycles. The molecular formula is C23H36ClN3OS. The van der Waals surface area contributed by atoms with Crippen LogP contribution in [0.25, 0.3) is 0 Å². The normalized spacial score (nSPS) is 24.5. The molecule has 3 rings (SSSR count). The maximum absolute atomic E-state index is 12.7. The number of aliphatic imine (C=N–C) groups is 1. The van der Waals surface area contributed by atoms with Crippen molar-refractivity contribution in [1.82, 2.24) is 4.90 Å². The molecule has 2 unspecified atom stereocenters. The van der Waals surface area contributed by atoms with Gasteiger partial charge < -0.3 is 4.90 Å². The maximum atomic E-state index is 12.7. The van der Waals surface area contributed by atoms with Crippen molar-refractivity contribution >= 4 is 40.9 Å². The number of rotatable bonds is 3. The summed E-state index contributed by atoms with van der Waals surface area (Å²) in [7, 11) is 2.09. The number of benzene rings is 1. The average molecular weight is 438 g/mol. The lowest BCUT2D eigenvalue weighted by Crippen LogP contribution is -2.50. The zero-order chi connectivity index (χ0) is 20.5. The number of anilines is 1. The molecule has 4 nitrogen and oxygen atoms in total. The Balaban J connectivity index is 0.00000300. The lowest BCUT2D eigenvalue weighted by molar-refractivity contribution is -0.117. The van der Waals surface area contributed by atoms with Gasteiger partial charge in [-0.05, 0) is 42.9 Å². The van der Waals surface area contributed by atoms with Gasteiger partial charge in [-0.15, -0.1) is 12.4 Å². The van der Waals surface area contributed by atoms with E-state index in [9.17, 15) is 4.79 Å².